The van der Waals surface area contributed by atoms with Crippen molar-refractivity contribution in [2.24, 2.45) is 5.92 Å². The summed E-state index contributed by atoms with van der Waals surface area (Å²) < 4.78 is 14.6. The summed E-state index contributed by atoms with van der Waals surface area (Å²) in [5.74, 6) is 1.11. The van der Waals surface area contributed by atoms with Gasteiger partial charge in [0.25, 0.3) is 5.91 Å². The zero-order valence-electron chi connectivity index (χ0n) is 18.7. The molecule has 172 valence electrons. The van der Waals surface area contributed by atoms with Crippen LogP contribution in [0, 0.1) is 5.92 Å². The number of fused-ring (bicyclic) bond motifs is 1. The molecule has 3 heterocycles. The molecule has 2 atom stereocenters. The fraction of sp³-hybridized carbons (Fsp3) is 0.565. The highest BCUT2D eigenvalue weighted by Gasteiger charge is 2.24. The first-order chi connectivity index (χ1) is 15.6. The fourth-order valence-electron chi connectivity index (χ4n) is 4.30. The van der Waals surface area contributed by atoms with Crippen LogP contribution < -0.4 is 15.7 Å². The van der Waals surface area contributed by atoms with E-state index < -0.39 is 5.69 Å². The minimum atomic E-state index is -0.425. The number of imidazole rings is 1. The molecule has 0 aromatic carbocycles. The van der Waals surface area contributed by atoms with Crippen LogP contribution in [0.4, 0.5) is 0 Å². The van der Waals surface area contributed by atoms with Crippen LogP contribution in [0.3, 0.4) is 0 Å². The number of aryl methyl sites for hydroxylation is 1. The molecule has 3 aromatic rings. The molecule has 1 aliphatic carbocycles. The maximum absolute atomic E-state index is 12.7. The summed E-state index contributed by atoms with van der Waals surface area (Å²) in [5.41, 5.74) is 0.655. The number of aromatic nitrogens is 4. The second kappa shape index (κ2) is 10.0. The van der Waals surface area contributed by atoms with E-state index in [0.29, 0.717) is 30.2 Å². The zero-order chi connectivity index (χ0) is 22.5. The Kier molecular flexibility index (Phi) is 6.92. The van der Waals surface area contributed by atoms with Crippen molar-refractivity contribution < 1.29 is 13.9 Å². The van der Waals surface area contributed by atoms with E-state index in [1.54, 1.807) is 17.2 Å². The second-order valence-corrected chi connectivity index (χ2v) is 8.55. The van der Waals surface area contributed by atoms with Crippen molar-refractivity contribution in [2.75, 3.05) is 6.61 Å². The molecule has 1 fully saturated rings. The number of amides is 1. The van der Waals surface area contributed by atoms with E-state index in [-0.39, 0.29) is 24.4 Å². The third kappa shape index (κ3) is 4.87. The molecule has 4 rings (SSSR count). The first-order valence-electron chi connectivity index (χ1n) is 11.5. The minimum absolute atomic E-state index is 0.119. The highest BCUT2D eigenvalue weighted by Crippen LogP contribution is 2.24. The Morgan fingerprint density at radius 1 is 1.34 bits per heavy atom. The van der Waals surface area contributed by atoms with Gasteiger partial charge in [0, 0.05) is 12.6 Å². The Bertz CT molecular complexity index is 1100. The SMILES string of the molecule is CCCCn1c(=O)nc(OCC(=O)N[C@@H]2CCCC[C@@H]2C)c2c1ncn2Cc1ccco1. The number of rotatable bonds is 9. The maximum atomic E-state index is 12.7. The molecular weight excluding hydrogens is 410 g/mol. The van der Waals surface area contributed by atoms with Crippen molar-refractivity contribution in [3.05, 3.63) is 41.0 Å². The molecule has 0 spiro atoms. The topological polar surface area (TPSA) is 104 Å². The number of hydrogen-bond donors (Lipinski definition) is 1. The quantitative estimate of drug-likeness (QED) is 0.547. The van der Waals surface area contributed by atoms with Crippen molar-refractivity contribution in [3.63, 3.8) is 0 Å². The van der Waals surface area contributed by atoms with Crippen molar-refractivity contribution in [1.29, 1.82) is 0 Å². The van der Waals surface area contributed by atoms with Gasteiger partial charge in [-0.1, -0.05) is 33.1 Å². The third-order valence-corrected chi connectivity index (χ3v) is 6.14. The van der Waals surface area contributed by atoms with Crippen LogP contribution in [0.5, 0.6) is 5.88 Å². The number of unbranched alkanes of at least 4 members (excludes halogenated alkanes) is 1. The largest absolute Gasteiger partial charge is 0.467 e. The van der Waals surface area contributed by atoms with Gasteiger partial charge >= 0.3 is 5.69 Å². The van der Waals surface area contributed by atoms with Crippen LogP contribution in [0.25, 0.3) is 11.2 Å². The lowest BCUT2D eigenvalue weighted by Gasteiger charge is -2.29. The van der Waals surface area contributed by atoms with Crippen LogP contribution in [0.1, 0.15) is 58.1 Å². The van der Waals surface area contributed by atoms with E-state index in [1.807, 2.05) is 16.7 Å². The Labute approximate surface area is 186 Å². The molecular formula is C23H31N5O4. The van der Waals surface area contributed by atoms with E-state index in [1.165, 1.54) is 6.42 Å². The number of ether oxygens (including phenoxy) is 1. The van der Waals surface area contributed by atoms with Crippen LogP contribution >= 0.6 is 0 Å². The number of nitrogens with one attached hydrogen (secondary N) is 1. The van der Waals surface area contributed by atoms with Gasteiger partial charge in [-0.15, -0.1) is 0 Å². The molecule has 0 unspecified atom stereocenters. The number of carbonyl (C=O) groups excluding carboxylic acids is 1. The van der Waals surface area contributed by atoms with Crippen molar-refractivity contribution in [1.82, 2.24) is 24.4 Å². The average molecular weight is 442 g/mol. The van der Waals surface area contributed by atoms with Crippen LogP contribution in [0.15, 0.2) is 33.9 Å². The number of nitrogens with zero attached hydrogens (tertiary/aromatic N) is 4. The predicted molar refractivity (Wildman–Crippen MR) is 120 cm³/mol. The zero-order valence-corrected chi connectivity index (χ0v) is 18.7. The summed E-state index contributed by atoms with van der Waals surface area (Å²) in [6, 6.07) is 3.85. The lowest BCUT2D eigenvalue weighted by Crippen LogP contribution is -2.43. The first-order valence-corrected chi connectivity index (χ1v) is 11.5. The van der Waals surface area contributed by atoms with E-state index >= 15 is 0 Å². The van der Waals surface area contributed by atoms with E-state index in [9.17, 15) is 9.59 Å². The fourth-order valence-corrected chi connectivity index (χ4v) is 4.30. The molecule has 3 aromatic heterocycles. The molecule has 9 heteroatoms. The number of furan rings is 1. The highest BCUT2D eigenvalue weighted by atomic mass is 16.5. The standard InChI is InChI=1S/C23H31N5O4/c1-3-4-11-28-21-20(27(15-24-21)13-17-9-7-12-31-17)22(26-23(28)30)32-14-19(29)25-18-10-6-5-8-16(18)2/h7,9,12,15-16,18H,3-6,8,10-11,13-14H2,1-2H3,(H,25,29)/t16-,18+/m0/s1. The van der Waals surface area contributed by atoms with Gasteiger partial charge in [0.15, 0.2) is 12.3 Å². The molecule has 0 bridgehead atoms. The Morgan fingerprint density at radius 3 is 2.94 bits per heavy atom. The first kappa shape index (κ1) is 22.1. The third-order valence-electron chi connectivity index (χ3n) is 6.14. The minimum Gasteiger partial charge on any atom is -0.467 e. The van der Waals surface area contributed by atoms with Crippen LogP contribution in [-0.2, 0) is 17.9 Å². The van der Waals surface area contributed by atoms with E-state index in [4.69, 9.17) is 9.15 Å². The van der Waals surface area contributed by atoms with E-state index in [2.05, 4.69) is 29.1 Å². The van der Waals surface area contributed by atoms with Gasteiger partial charge in [-0.25, -0.2) is 9.78 Å². The molecule has 9 nitrogen and oxygen atoms in total. The molecule has 1 aliphatic rings. The van der Waals surface area contributed by atoms with Crippen LogP contribution in [0.2, 0.25) is 0 Å². The van der Waals surface area contributed by atoms with Gasteiger partial charge < -0.3 is 19.0 Å². The maximum Gasteiger partial charge on any atom is 0.352 e. The molecule has 1 amide bonds. The average Bonchev–Trinajstić information content (AvgIpc) is 3.44. The summed E-state index contributed by atoms with van der Waals surface area (Å²) in [5, 5.41) is 3.07. The molecule has 1 N–H and O–H groups in total. The lowest BCUT2D eigenvalue weighted by atomic mass is 9.86. The summed E-state index contributed by atoms with van der Waals surface area (Å²) in [6.07, 6.45) is 9.48. The van der Waals surface area contributed by atoms with Crippen molar-refractivity contribution in [3.8, 4) is 5.88 Å². The van der Waals surface area contributed by atoms with Gasteiger partial charge in [-0.05, 0) is 37.3 Å². The normalized spacial score (nSPS) is 18.7. The predicted octanol–water partition coefficient (Wildman–Crippen LogP) is 3.11. The highest BCUT2D eigenvalue weighted by molar-refractivity contribution is 5.80. The van der Waals surface area contributed by atoms with Gasteiger partial charge in [0.2, 0.25) is 5.88 Å². The van der Waals surface area contributed by atoms with Gasteiger partial charge in [-0.3, -0.25) is 9.36 Å². The Hall–Kier alpha value is -3.10. The van der Waals surface area contributed by atoms with E-state index in [0.717, 1.165) is 37.9 Å². The number of hydrogen-bond acceptors (Lipinski definition) is 6. The van der Waals surface area contributed by atoms with Crippen LogP contribution in [-0.4, -0.2) is 37.7 Å². The lowest BCUT2D eigenvalue weighted by molar-refractivity contribution is -0.124. The van der Waals surface area contributed by atoms with Gasteiger partial charge in [0.1, 0.15) is 11.3 Å². The summed E-state index contributed by atoms with van der Waals surface area (Å²) in [4.78, 5) is 33.9. The Morgan fingerprint density at radius 2 is 2.19 bits per heavy atom. The molecule has 1 saturated carbocycles. The monoisotopic (exact) mass is 441 g/mol. The van der Waals surface area contributed by atoms with Gasteiger partial charge in [0.05, 0.1) is 19.1 Å². The molecule has 32 heavy (non-hydrogen) atoms. The summed E-state index contributed by atoms with van der Waals surface area (Å²) >= 11 is 0. The summed E-state index contributed by atoms with van der Waals surface area (Å²) in [7, 11) is 0. The Balaban J connectivity index is 1.58. The van der Waals surface area contributed by atoms with Crippen molar-refractivity contribution >= 4 is 17.1 Å². The molecule has 0 saturated heterocycles. The second-order valence-electron chi connectivity index (χ2n) is 8.55. The van der Waals surface area contributed by atoms with Gasteiger partial charge in [-0.2, -0.15) is 4.98 Å². The summed E-state index contributed by atoms with van der Waals surface area (Å²) in [6.45, 7) is 4.97. The van der Waals surface area contributed by atoms with Crippen molar-refractivity contribution in [2.45, 2.75) is 71.5 Å². The molecule has 0 aliphatic heterocycles. The molecule has 0 radical (unpaired) electrons. The smallest absolute Gasteiger partial charge is 0.352 e. The number of carbonyl (C=O) groups is 1.